The summed E-state index contributed by atoms with van der Waals surface area (Å²) in [7, 11) is 0. The van der Waals surface area contributed by atoms with Gasteiger partial charge in [0.25, 0.3) is 0 Å². The van der Waals surface area contributed by atoms with Crippen molar-refractivity contribution < 1.29 is 9.90 Å². The van der Waals surface area contributed by atoms with Crippen molar-refractivity contribution in [3.05, 3.63) is 58.1 Å². The standard InChI is InChI=1S/C15H14BrNO2/c1-10-7-12(5-6-14(10)16)17-15(19)9-11-3-2-4-13(18)8-11/h2-8,18H,9H2,1H3,(H,17,19). The second kappa shape index (κ2) is 5.89. The Hall–Kier alpha value is -1.81. The molecule has 3 nitrogen and oxygen atoms in total. The monoisotopic (exact) mass is 319 g/mol. The zero-order chi connectivity index (χ0) is 13.8. The van der Waals surface area contributed by atoms with Crippen LogP contribution >= 0.6 is 15.9 Å². The van der Waals surface area contributed by atoms with Gasteiger partial charge in [-0.1, -0.05) is 28.1 Å². The number of aromatic hydroxyl groups is 1. The second-order valence-electron chi connectivity index (χ2n) is 4.36. The molecule has 0 radical (unpaired) electrons. The third kappa shape index (κ3) is 3.83. The minimum Gasteiger partial charge on any atom is -0.508 e. The van der Waals surface area contributed by atoms with Crippen molar-refractivity contribution in [2.75, 3.05) is 5.32 Å². The summed E-state index contributed by atoms with van der Waals surface area (Å²) in [6.07, 6.45) is 0.240. The van der Waals surface area contributed by atoms with Crippen LogP contribution in [0.15, 0.2) is 46.9 Å². The Balaban J connectivity index is 2.03. The maximum Gasteiger partial charge on any atom is 0.228 e. The van der Waals surface area contributed by atoms with E-state index in [4.69, 9.17) is 0 Å². The Labute approximate surface area is 120 Å². The molecule has 2 aromatic carbocycles. The predicted octanol–water partition coefficient (Wildman–Crippen LogP) is 3.64. The van der Waals surface area contributed by atoms with Crippen LogP contribution in [0.4, 0.5) is 5.69 Å². The minimum absolute atomic E-state index is 0.104. The Bertz CT molecular complexity index is 611. The molecule has 0 aliphatic carbocycles. The number of amides is 1. The molecule has 4 heteroatoms. The predicted molar refractivity (Wildman–Crippen MR) is 79.3 cm³/mol. The molecule has 1 amide bonds. The van der Waals surface area contributed by atoms with E-state index in [-0.39, 0.29) is 18.1 Å². The van der Waals surface area contributed by atoms with E-state index in [2.05, 4.69) is 21.2 Å². The van der Waals surface area contributed by atoms with Gasteiger partial charge in [0.1, 0.15) is 5.75 Å². The van der Waals surface area contributed by atoms with E-state index in [9.17, 15) is 9.90 Å². The van der Waals surface area contributed by atoms with Gasteiger partial charge in [0.2, 0.25) is 5.91 Å². The van der Waals surface area contributed by atoms with Crippen LogP contribution in [0.3, 0.4) is 0 Å². The summed E-state index contributed by atoms with van der Waals surface area (Å²) in [6.45, 7) is 1.97. The number of carbonyl (C=O) groups is 1. The Morgan fingerprint density at radius 1 is 1.26 bits per heavy atom. The molecule has 2 rings (SSSR count). The van der Waals surface area contributed by atoms with Crippen LogP contribution in [0.25, 0.3) is 0 Å². The summed E-state index contributed by atoms with van der Waals surface area (Å²) in [6, 6.07) is 12.4. The first kappa shape index (κ1) is 13.6. The van der Waals surface area contributed by atoms with Crippen LogP contribution < -0.4 is 5.32 Å². The number of anilines is 1. The molecule has 0 saturated heterocycles. The van der Waals surface area contributed by atoms with Crippen molar-refractivity contribution in [3.8, 4) is 5.75 Å². The van der Waals surface area contributed by atoms with Crippen molar-refractivity contribution in [2.45, 2.75) is 13.3 Å². The average Bonchev–Trinajstić information content (AvgIpc) is 2.34. The van der Waals surface area contributed by atoms with Gasteiger partial charge in [-0.2, -0.15) is 0 Å². The van der Waals surface area contributed by atoms with Gasteiger partial charge >= 0.3 is 0 Å². The number of aryl methyl sites for hydroxylation is 1. The van der Waals surface area contributed by atoms with E-state index in [1.54, 1.807) is 18.2 Å². The van der Waals surface area contributed by atoms with E-state index in [0.29, 0.717) is 0 Å². The van der Waals surface area contributed by atoms with Crippen LogP contribution in [0, 0.1) is 6.92 Å². The van der Waals surface area contributed by atoms with Crippen LogP contribution in [0.5, 0.6) is 5.75 Å². The third-order valence-electron chi connectivity index (χ3n) is 2.72. The lowest BCUT2D eigenvalue weighted by Gasteiger charge is -2.07. The average molecular weight is 320 g/mol. The number of phenolic OH excluding ortho intramolecular Hbond substituents is 1. The van der Waals surface area contributed by atoms with Gasteiger partial charge in [0, 0.05) is 10.2 Å². The smallest absolute Gasteiger partial charge is 0.228 e. The minimum atomic E-state index is -0.104. The van der Waals surface area contributed by atoms with E-state index in [1.807, 2.05) is 31.2 Å². The van der Waals surface area contributed by atoms with Crippen molar-refractivity contribution in [3.63, 3.8) is 0 Å². The number of hydrogen-bond donors (Lipinski definition) is 2. The van der Waals surface area contributed by atoms with Gasteiger partial charge in [0.15, 0.2) is 0 Å². The second-order valence-corrected chi connectivity index (χ2v) is 5.21. The molecular formula is C15H14BrNO2. The molecule has 2 N–H and O–H groups in total. The number of carbonyl (C=O) groups excluding carboxylic acids is 1. The highest BCUT2D eigenvalue weighted by Gasteiger charge is 2.05. The first-order valence-corrected chi connectivity index (χ1v) is 6.68. The molecule has 2 aromatic rings. The Morgan fingerprint density at radius 2 is 2.05 bits per heavy atom. The molecule has 0 aliphatic heterocycles. The fourth-order valence-electron chi connectivity index (χ4n) is 1.78. The largest absolute Gasteiger partial charge is 0.508 e. The summed E-state index contributed by atoms with van der Waals surface area (Å²) in [5, 5.41) is 12.2. The normalized spacial score (nSPS) is 10.2. The van der Waals surface area contributed by atoms with Crippen molar-refractivity contribution in [1.82, 2.24) is 0 Å². The molecule has 0 bridgehead atoms. The number of rotatable bonds is 3. The molecule has 0 spiro atoms. The van der Waals surface area contributed by atoms with Gasteiger partial charge in [0.05, 0.1) is 6.42 Å². The fraction of sp³-hybridized carbons (Fsp3) is 0.133. The molecule has 19 heavy (non-hydrogen) atoms. The van der Waals surface area contributed by atoms with E-state index >= 15 is 0 Å². The first-order valence-electron chi connectivity index (χ1n) is 5.88. The van der Waals surface area contributed by atoms with Gasteiger partial charge in [-0.05, 0) is 48.4 Å². The van der Waals surface area contributed by atoms with Crippen molar-refractivity contribution in [1.29, 1.82) is 0 Å². The highest BCUT2D eigenvalue weighted by Crippen LogP contribution is 2.20. The van der Waals surface area contributed by atoms with E-state index < -0.39 is 0 Å². The molecule has 0 aliphatic rings. The third-order valence-corrected chi connectivity index (χ3v) is 3.61. The lowest BCUT2D eigenvalue weighted by Crippen LogP contribution is -2.14. The summed E-state index contributed by atoms with van der Waals surface area (Å²) in [4.78, 5) is 11.9. The highest BCUT2D eigenvalue weighted by atomic mass is 79.9. The quantitative estimate of drug-likeness (QED) is 0.907. The van der Waals surface area contributed by atoms with Crippen LogP contribution in [-0.2, 0) is 11.2 Å². The van der Waals surface area contributed by atoms with Gasteiger partial charge in [-0.25, -0.2) is 0 Å². The van der Waals surface area contributed by atoms with Gasteiger partial charge < -0.3 is 10.4 Å². The van der Waals surface area contributed by atoms with Crippen LogP contribution in [0.1, 0.15) is 11.1 Å². The molecule has 0 heterocycles. The van der Waals surface area contributed by atoms with Gasteiger partial charge in [-0.3, -0.25) is 4.79 Å². The summed E-state index contributed by atoms with van der Waals surface area (Å²) < 4.78 is 1.01. The molecule has 0 fully saturated rings. The van der Waals surface area contributed by atoms with Crippen molar-refractivity contribution in [2.24, 2.45) is 0 Å². The summed E-state index contributed by atoms with van der Waals surface area (Å²) in [5.41, 5.74) is 2.62. The molecule has 0 aromatic heterocycles. The summed E-state index contributed by atoms with van der Waals surface area (Å²) in [5.74, 6) is 0.0668. The van der Waals surface area contributed by atoms with Crippen LogP contribution in [0.2, 0.25) is 0 Å². The zero-order valence-electron chi connectivity index (χ0n) is 10.5. The lowest BCUT2D eigenvalue weighted by molar-refractivity contribution is -0.115. The fourth-order valence-corrected chi connectivity index (χ4v) is 2.03. The van der Waals surface area contributed by atoms with Gasteiger partial charge in [-0.15, -0.1) is 0 Å². The number of nitrogens with one attached hydrogen (secondary N) is 1. The molecule has 0 unspecified atom stereocenters. The molecule has 0 atom stereocenters. The van der Waals surface area contributed by atoms with E-state index in [1.165, 1.54) is 0 Å². The summed E-state index contributed by atoms with van der Waals surface area (Å²) >= 11 is 3.42. The molecule has 0 saturated carbocycles. The zero-order valence-corrected chi connectivity index (χ0v) is 12.1. The molecule has 98 valence electrons. The SMILES string of the molecule is Cc1cc(NC(=O)Cc2cccc(O)c2)ccc1Br. The maximum atomic E-state index is 11.9. The maximum absolute atomic E-state index is 11.9. The molecular weight excluding hydrogens is 306 g/mol. The van der Waals surface area contributed by atoms with Crippen molar-refractivity contribution >= 4 is 27.5 Å². The number of halogens is 1. The number of phenols is 1. The lowest BCUT2D eigenvalue weighted by atomic mass is 10.1. The topological polar surface area (TPSA) is 49.3 Å². The van der Waals surface area contributed by atoms with E-state index in [0.717, 1.165) is 21.3 Å². The highest BCUT2D eigenvalue weighted by molar-refractivity contribution is 9.10. The Morgan fingerprint density at radius 3 is 2.74 bits per heavy atom. The van der Waals surface area contributed by atoms with Crippen LogP contribution in [-0.4, -0.2) is 11.0 Å². The first-order chi connectivity index (χ1) is 9.04. The Kier molecular flexibility index (Phi) is 4.22. The number of hydrogen-bond acceptors (Lipinski definition) is 2. The number of benzene rings is 2.